The summed E-state index contributed by atoms with van der Waals surface area (Å²) in [6.45, 7) is 0.275. The largest absolute Gasteiger partial charge is 0.340 e. The zero-order valence-corrected chi connectivity index (χ0v) is 15.3. The molecule has 1 aromatic heterocycles. The van der Waals surface area contributed by atoms with Crippen LogP contribution in [0, 0.1) is 11.3 Å². The van der Waals surface area contributed by atoms with E-state index in [9.17, 15) is 13.6 Å². The summed E-state index contributed by atoms with van der Waals surface area (Å²) < 4.78 is 27.2. The number of alkyl halides is 2. The summed E-state index contributed by atoms with van der Waals surface area (Å²) in [7, 11) is 1.65. The molecule has 2 aromatic carbocycles. The maximum Gasteiger partial charge on any atom is 0.291 e. The van der Waals surface area contributed by atoms with Crippen molar-refractivity contribution in [2.45, 2.75) is 24.0 Å². The van der Waals surface area contributed by atoms with Crippen molar-refractivity contribution in [3.05, 3.63) is 59.7 Å². The van der Waals surface area contributed by atoms with E-state index in [2.05, 4.69) is 4.98 Å². The fourth-order valence-electron chi connectivity index (χ4n) is 2.68. The van der Waals surface area contributed by atoms with Gasteiger partial charge in [-0.2, -0.15) is 14.0 Å². The third-order valence-corrected chi connectivity index (χ3v) is 4.74. The summed E-state index contributed by atoms with van der Waals surface area (Å²) in [6.07, 6.45) is 0. The number of carbonyl (C=O) groups is 1. The van der Waals surface area contributed by atoms with E-state index in [0.29, 0.717) is 34.9 Å². The quantitative estimate of drug-likeness (QED) is 0.603. The summed E-state index contributed by atoms with van der Waals surface area (Å²) >= 11 is 0.330. The smallest absolute Gasteiger partial charge is 0.291 e. The molecule has 8 heteroatoms. The molecule has 0 saturated heterocycles. The van der Waals surface area contributed by atoms with Crippen LogP contribution in [-0.4, -0.2) is 33.2 Å². The number of fused-ring (bicyclic) bond motifs is 1. The van der Waals surface area contributed by atoms with Crippen LogP contribution in [0.15, 0.2) is 53.7 Å². The van der Waals surface area contributed by atoms with Gasteiger partial charge in [-0.3, -0.25) is 4.79 Å². The van der Waals surface area contributed by atoms with Crippen LogP contribution < -0.4 is 0 Å². The van der Waals surface area contributed by atoms with Crippen molar-refractivity contribution in [2.75, 3.05) is 7.05 Å². The van der Waals surface area contributed by atoms with Crippen molar-refractivity contribution in [3.8, 4) is 6.07 Å². The first kappa shape index (κ1) is 18.9. The lowest BCUT2D eigenvalue weighted by molar-refractivity contribution is -0.131. The number of hydrogen-bond acceptors (Lipinski definition) is 4. The highest BCUT2D eigenvalue weighted by atomic mass is 32.2. The SMILES string of the molecule is CN(Cc1ccc(C#N)cc1)C(=O)Cn1c(SC(F)F)nc2ccccc21. The number of amides is 1. The van der Waals surface area contributed by atoms with E-state index in [0.717, 1.165) is 5.56 Å². The minimum Gasteiger partial charge on any atom is -0.340 e. The number of aromatic nitrogens is 2. The molecular formula is C19H16F2N4OS. The van der Waals surface area contributed by atoms with E-state index in [1.165, 1.54) is 9.47 Å². The minimum absolute atomic E-state index is 0.0810. The molecule has 3 rings (SSSR count). The maximum absolute atomic E-state index is 12.9. The molecule has 138 valence electrons. The second-order valence-corrected chi connectivity index (χ2v) is 6.86. The molecule has 0 fully saturated rings. The van der Waals surface area contributed by atoms with Crippen LogP contribution in [0.1, 0.15) is 11.1 Å². The fraction of sp³-hybridized carbons (Fsp3) is 0.211. The van der Waals surface area contributed by atoms with Crippen LogP contribution in [0.2, 0.25) is 0 Å². The summed E-state index contributed by atoms with van der Waals surface area (Å²) in [6, 6.07) is 16.0. The Morgan fingerprint density at radius 1 is 1.26 bits per heavy atom. The first-order valence-corrected chi connectivity index (χ1v) is 8.99. The lowest BCUT2D eigenvalue weighted by atomic mass is 10.1. The average Bonchev–Trinajstić information content (AvgIpc) is 2.99. The van der Waals surface area contributed by atoms with Crippen LogP contribution >= 0.6 is 11.8 Å². The zero-order chi connectivity index (χ0) is 19.4. The molecule has 0 N–H and O–H groups in total. The molecular weight excluding hydrogens is 370 g/mol. The van der Waals surface area contributed by atoms with Gasteiger partial charge in [0.1, 0.15) is 6.54 Å². The van der Waals surface area contributed by atoms with Gasteiger partial charge in [-0.15, -0.1) is 0 Å². The second kappa shape index (κ2) is 8.18. The van der Waals surface area contributed by atoms with Crippen LogP contribution in [0.5, 0.6) is 0 Å². The highest BCUT2D eigenvalue weighted by Crippen LogP contribution is 2.28. The van der Waals surface area contributed by atoms with Gasteiger partial charge in [-0.25, -0.2) is 4.98 Å². The van der Waals surface area contributed by atoms with E-state index in [4.69, 9.17) is 5.26 Å². The molecule has 1 heterocycles. The van der Waals surface area contributed by atoms with Crippen molar-refractivity contribution in [2.24, 2.45) is 0 Å². The number of likely N-dealkylation sites (N-methyl/N-ethyl adjacent to an activating group) is 1. The molecule has 5 nitrogen and oxygen atoms in total. The molecule has 0 aliphatic carbocycles. The van der Waals surface area contributed by atoms with Gasteiger partial charge in [0.2, 0.25) is 5.91 Å². The average molecular weight is 386 g/mol. The summed E-state index contributed by atoms with van der Waals surface area (Å²) in [4.78, 5) is 18.4. The van der Waals surface area contributed by atoms with Crippen LogP contribution in [0.4, 0.5) is 8.78 Å². The van der Waals surface area contributed by atoms with Crippen molar-refractivity contribution < 1.29 is 13.6 Å². The predicted molar refractivity (Wildman–Crippen MR) is 99.2 cm³/mol. The van der Waals surface area contributed by atoms with Gasteiger partial charge in [0.25, 0.3) is 5.76 Å². The molecule has 0 spiro atoms. The Bertz CT molecular complexity index is 995. The lowest BCUT2D eigenvalue weighted by Crippen LogP contribution is -2.30. The molecule has 0 bridgehead atoms. The Balaban J connectivity index is 1.79. The number of imidazole rings is 1. The number of carbonyl (C=O) groups excluding carboxylic acids is 1. The van der Waals surface area contributed by atoms with E-state index >= 15 is 0 Å². The number of halogens is 2. The van der Waals surface area contributed by atoms with Gasteiger partial charge in [0.05, 0.1) is 22.7 Å². The Morgan fingerprint density at radius 2 is 1.96 bits per heavy atom. The van der Waals surface area contributed by atoms with E-state index in [1.54, 1.807) is 55.6 Å². The monoisotopic (exact) mass is 386 g/mol. The highest BCUT2D eigenvalue weighted by Gasteiger charge is 2.19. The zero-order valence-electron chi connectivity index (χ0n) is 14.5. The number of para-hydroxylation sites is 2. The van der Waals surface area contributed by atoms with Crippen molar-refractivity contribution in [1.29, 1.82) is 5.26 Å². The molecule has 27 heavy (non-hydrogen) atoms. The number of nitrogens with zero attached hydrogens (tertiary/aromatic N) is 4. The Morgan fingerprint density at radius 3 is 2.63 bits per heavy atom. The maximum atomic E-state index is 12.9. The molecule has 3 aromatic rings. The predicted octanol–water partition coefficient (Wildman–Crippen LogP) is 3.88. The topological polar surface area (TPSA) is 61.9 Å². The lowest BCUT2D eigenvalue weighted by Gasteiger charge is -2.18. The molecule has 0 aliphatic heterocycles. The number of rotatable bonds is 6. The van der Waals surface area contributed by atoms with Crippen molar-refractivity contribution >= 4 is 28.7 Å². The summed E-state index contributed by atoms with van der Waals surface area (Å²) in [5.41, 5.74) is 2.64. The van der Waals surface area contributed by atoms with E-state index < -0.39 is 5.76 Å². The Kier molecular flexibility index (Phi) is 5.72. The summed E-state index contributed by atoms with van der Waals surface area (Å²) in [5, 5.41) is 8.96. The first-order chi connectivity index (χ1) is 13.0. The molecule has 0 unspecified atom stereocenters. The standard InChI is InChI=1S/C19H16F2N4OS/c1-24(11-14-8-6-13(10-22)7-9-14)17(26)12-25-16-5-3-2-4-15(16)23-19(25)27-18(20)21/h2-9,18H,11-12H2,1H3. The third-order valence-electron chi connectivity index (χ3n) is 4.04. The third kappa shape index (κ3) is 4.44. The second-order valence-electron chi connectivity index (χ2n) is 5.91. The number of thioether (sulfide) groups is 1. The van der Waals surface area contributed by atoms with Gasteiger partial charge in [0, 0.05) is 13.6 Å². The molecule has 0 saturated carbocycles. The molecule has 1 amide bonds. The van der Waals surface area contributed by atoms with Crippen molar-refractivity contribution in [3.63, 3.8) is 0 Å². The fourth-order valence-corrected chi connectivity index (χ4v) is 3.28. The Labute approximate surface area is 159 Å². The van der Waals surface area contributed by atoms with Gasteiger partial charge >= 0.3 is 0 Å². The Hall–Kier alpha value is -2.92. The van der Waals surface area contributed by atoms with Gasteiger partial charge < -0.3 is 9.47 Å². The number of nitriles is 1. The molecule has 0 atom stereocenters. The molecule has 0 aliphatic rings. The van der Waals surface area contributed by atoms with Gasteiger partial charge in [-0.1, -0.05) is 24.3 Å². The normalized spacial score (nSPS) is 10.9. The van der Waals surface area contributed by atoms with Crippen molar-refractivity contribution in [1.82, 2.24) is 14.5 Å². The summed E-state index contributed by atoms with van der Waals surface area (Å²) in [5.74, 6) is -2.84. The van der Waals surface area contributed by atoms with Crippen LogP contribution in [0.25, 0.3) is 11.0 Å². The highest BCUT2D eigenvalue weighted by molar-refractivity contribution is 7.99. The van der Waals surface area contributed by atoms with Gasteiger partial charge in [-0.05, 0) is 41.6 Å². The number of hydrogen-bond donors (Lipinski definition) is 0. The van der Waals surface area contributed by atoms with Crippen LogP contribution in [-0.2, 0) is 17.9 Å². The van der Waals surface area contributed by atoms with E-state index in [1.807, 2.05) is 6.07 Å². The van der Waals surface area contributed by atoms with Gasteiger partial charge in [0.15, 0.2) is 5.16 Å². The van der Waals surface area contributed by atoms with E-state index in [-0.39, 0.29) is 17.6 Å². The number of benzene rings is 2. The minimum atomic E-state index is -2.62. The molecule has 0 radical (unpaired) electrons. The van der Waals surface area contributed by atoms with Crippen LogP contribution in [0.3, 0.4) is 0 Å². The first-order valence-electron chi connectivity index (χ1n) is 8.11.